The van der Waals surface area contributed by atoms with E-state index in [2.05, 4.69) is 36.5 Å². The number of H-pyrrole nitrogens is 1. The molecule has 0 unspecified atom stereocenters. The van der Waals surface area contributed by atoms with E-state index in [1.807, 2.05) is 64.1 Å². The molecule has 3 N–H and O–H groups in total. The summed E-state index contributed by atoms with van der Waals surface area (Å²) in [4.78, 5) is 20.0. The van der Waals surface area contributed by atoms with Crippen molar-refractivity contribution in [2.75, 3.05) is 13.2 Å². The lowest BCUT2D eigenvalue weighted by molar-refractivity contribution is -0.124. The van der Waals surface area contributed by atoms with Gasteiger partial charge in [0.05, 0.1) is 24.2 Å². The van der Waals surface area contributed by atoms with E-state index in [0.717, 1.165) is 26.9 Å². The summed E-state index contributed by atoms with van der Waals surface area (Å²) in [6, 6.07) is 11.7. The van der Waals surface area contributed by atoms with Gasteiger partial charge in [-0.15, -0.1) is 0 Å². The van der Waals surface area contributed by atoms with Gasteiger partial charge in [0.15, 0.2) is 18.1 Å². The maximum Gasteiger partial charge on any atom is 0.258 e. The van der Waals surface area contributed by atoms with Crippen LogP contribution in [-0.2, 0) is 17.9 Å². The fourth-order valence-corrected chi connectivity index (χ4v) is 3.56. The summed E-state index contributed by atoms with van der Waals surface area (Å²) in [6.07, 6.45) is 0. The number of fused-ring (bicyclic) bond motifs is 1. The Kier molecular flexibility index (Phi) is 7.56. The zero-order valence-corrected chi connectivity index (χ0v) is 19.9. The summed E-state index contributed by atoms with van der Waals surface area (Å²) in [5.41, 5.74) is 2.69. The fraction of sp³-hybridized carbons (Fsp3) is 0.391. The largest absolute Gasteiger partial charge is 0.490 e. The number of nitrogens with one attached hydrogen (secondary N) is 3. The van der Waals surface area contributed by atoms with E-state index >= 15 is 0 Å². The van der Waals surface area contributed by atoms with E-state index in [-0.39, 0.29) is 18.1 Å². The van der Waals surface area contributed by atoms with Crippen molar-refractivity contribution in [1.29, 1.82) is 0 Å². The highest BCUT2D eigenvalue weighted by molar-refractivity contribution is 9.10. The van der Waals surface area contributed by atoms with Crippen LogP contribution in [0.1, 0.15) is 39.1 Å². The molecule has 0 fully saturated rings. The van der Waals surface area contributed by atoms with Crippen LogP contribution in [0.5, 0.6) is 11.5 Å². The number of carbonyl (C=O) groups is 1. The molecule has 0 atom stereocenters. The molecule has 0 spiro atoms. The van der Waals surface area contributed by atoms with Gasteiger partial charge in [-0.05, 0) is 57.5 Å². The first kappa shape index (κ1) is 23.1. The van der Waals surface area contributed by atoms with Gasteiger partial charge < -0.3 is 25.1 Å². The number of aromatic nitrogens is 2. The van der Waals surface area contributed by atoms with Gasteiger partial charge in [-0.3, -0.25) is 4.79 Å². The first-order valence-electron chi connectivity index (χ1n) is 10.3. The van der Waals surface area contributed by atoms with Crippen LogP contribution < -0.4 is 20.1 Å². The van der Waals surface area contributed by atoms with Gasteiger partial charge in [-0.25, -0.2) is 4.98 Å². The van der Waals surface area contributed by atoms with Crippen molar-refractivity contribution in [2.24, 2.45) is 0 Å². The first-order chi connectivity index (χ1) is 14.7. The van der Waals surface area contributed by atoms with E-state index in [4.69, 9.17) is 9.47 Å². The van der Waals surface area contributed by atoms with Crippen LogP contribution in [0.25, 0.3) is 11.0 Å². The molecule has 0 saturated heterocycles. The quantitative estimate of drug-likeness (QED) is 0.417. The van der Waals surface area contributed by atoms with E-state index < -0.39 is 0 Å². The Labute approximate surface area is 191 Å². The van der Waals surface area contributed by atoms with E-state index in [0.29, 0.717) is 31.2 Å². The molecule has 0 bridgehead atoms. The molecule has 0 aliphatic carbocycles. The second-order valence-corrected chi connectivity index (χ2v) is 9.07. The number of rotatable bonds is 9. The molecule has 1 amide bonds. The predicted molar refractivity (Wildman–Crippen MR) is 125 cm³/mol. The molecule has 3 rings (SSSR count). The number of aromatic amines is 1. The topological polar surface area (TPSA) is 88.3 Å². The third-order valence-corrected chi connectivity index (χ3v) is 5.07. The van der Waals surface area contributed by atoms with Crippen LogP contribution in [0.15, 0.2) is 40.9 Å². The monoisotopic (exact) mass is 488 g/mol. The van der Waals surface area contributed by atoms with E-state index in [9.17, 15) is 4.79 Å². The van der Waals surface area contributed by atoms with Gasteiger partial charge in [0.2, 0.25) is 0 Å². The second kappa shape index (κ2) is 10.2. The molecule has 2 aromatic carbocycles. The summed E-state index contributed by atoms with van der Waals surface area (Å²) in [6.45, 7) is 9.35. The molecule has 0 radical (unpaired) electrons. The molecule has 166 valence electrons. The minimum atomic E-state index is -0.306. The van der Waals surface area contributed by atoms with E-state index in [1.165, 1.54) is 0 Å². The van der Waals surface area contributed by atoms with Crippen molar-refractivity contribution in [3.05, 3.63) is 52.3 Å². The predicted octanol–water partition coefficient (Wildman–Crippen LogP) is 4.31. The van der Waals surface area contributed by atoms with Crippen LogP contribution in [-0.4, -0.2) is 34.6 Å². The van der Waals surface area contributed by atoms with Crippen molar-refractivity contribution < 1.29 is 14.3 Å². The molecule has 0 saturated carbocycles. The lowest BCUT2D eigenvalue weighted by Crippen LogP contribution is -2.43. The van der Waals surface area contributed by atoms with Gasteiger partial charge in [-0.2, -0.15) is 0 Å². The number of amides is 1. The summed E-state index contributed by atoms with van der Waals surface area (Å²) in [5, 5.41) is 6.28. The van der Waals surface area contributed by atoms with Crippen LogP contribution in [0.2, 0.25) is 0 Å². The van der Waals surface area contributed by atoms with E-state index in [1.54, 1.807) is 0 Å². The van der Waals surface area contributed by atoms with Crippen molar-refractivity contribution in [2.45, 2.75) is 46.3 Å². The number of para-hydroxylation sites is 2. The van der Waals surface area contributed by atoms with Crippen molar-refractivity contribution in [3.63, 3.8) is 0 Å². The highest BCUT2D eigenvalue weighted by Gasteiger charge is 2.16. The van der Waals surface area contributed by atoms with Crippen LogP contribution in [0, 0.1) is 0 Å². The molecular weight excluding hydrogens is 460 g/mol. The summed E-state index contributed by atoms with van der Waals surface area (Å²) in [5.74, 6) is 1.84. The van der Waals surface area contributed by atoms with Crippen molar-refractivity contribution in [1.82, 2.24) is 20.6 Å². The van der Waals surface area contributed by atoms with Crippen LogP contribution in [0.3, 0.4) is 0 Å². The fourth-order valence-electron chi connectivity index (χ4n) is 3.10. The Balaban J connectivity index is 1.63. The van der Waals surface area contributed by atoms with Gasteiger partial charge in [0.25, 0.3) is 5.91 Å². The van der Waals surface area contributed by atoms with Crippen LogP contribution >= 0.6 is 15.9 Å². The number of hydrogen-bond acceptors (Lipinski definition) is 5. The molecule has 0 aliphatic rings. The summed E-state index contributed by atoms with van der Waals surface area (Å²) < 4.78 is 12.4. The average molecular weight is 489 g/mol. The number of carbonyl (C=O) groups excluding carboxylic acids is 1. The molecule has 1 aromatic heterocycles. The van der Waals surface area contributed by atoms with Gasteiger partial charge in [0.1, 0.15) is 5.82 Å². The lowest BCUT2D eigenvalue weighted by Gasteiger charge is -2.21. The number of benzene rings is 2. The highest BCUT2D eigenvalue weighted by Crippen LogP contribution is 2.34. The minimum Gasteiger partial charge on any atom is -0.490 e. The molecular formula is C23H29BrN4O3. The molecule has 31 heavy (non-hydrogen) atoms. The maximum absolute atomic E-state index is 12.1. The third-order valence-electron chi connectivity index (χ3n) is 4.33. The van der Waals surface area contributed by atoms with Gasteiger partial charge in [0, 0.05) is 16.6 Å². The zero-order valence-electron chi connectivity index (χ0n) is 18.3. The Morgan fingerprint density at radius 3 is 2.58 bits per heavy atom. The Bertz CT molecular complexity index is 1010. The highest BCUT2D eigenvalue weighted by atomic mass is 79.9. The first-order valence-corrected chi connectivity index (χ1v) is 11.1. The molecule has 7 nitrogen and oxygen atoms in total. The number of halogens is 1. The number of imidazole rings is 1. The molecule has 8 heteroatoms. The number of hydrogen-bond donors (Lipinski definition) is 3. The van der Waals surface area contributed by atoms with Gasteiger partial charge >= 0.3 is 0 Å². The Hall–Kier alpha value is -2.58. The lowest BCUT2D eigenvalue weighted by atomic mass is 10.1. The van der Waals surface area contributed by atoms with Crippen molar-refractivity contribution >= 4 is 32.9 Å². The normalized spacial score (nSPS) is 11.5. The average Bonchev–Trinajstić information content (AvgIpc) is 3.10. The summed E-state index contributed by atoms with van der Waals surface area (Å²) in [7, 11) is 0. The van der Waals surface area contributed by atoms with Crippen molar-refractivity contribution in [3.8, 4) is 11.5 Å². The van der Waals surface area contributed by atoms with Gasteiger partial charge in [-0.1, -0.05) is 28.1 Å². The SMILES string of the molecule is CCOc1cc(CNCc2nc3ccccc3[nH]2)c(Br)cc1OCC(=O)NC(C)(C)C. The number of ether oxygens (including phenoxy) is 2. The van der Waals surface area contributed by atoms with Crippen LogP contribution in [0.4, 0.5) is 0 Å². The maximum atomic E-state index is 12.1. The standard InChI is InChI=1S/C23H29BrN4O3/c1-5-30-19-10-15(12-25-13-21-26-17-8-6-7-9-18(17)27-21)16(24)11-20(19)31-14-22(29)28-23(2,3)4/h6-11,25H,5,12-14H2,1-4H3,(H,26,27)(H,28,29). The number of nitrogens with zero attached hydrogens (tertiary/aromatic N) is 1. The Morgan fingerprint density at radius 2 is 1.87 bits per heavy atom. The zero-order chi connectivity index (χ0) is 22.4. The third kappa shape index (κ3) is 6.70. The molecule has 0 aliphatic heterocycles. The smallest absolute Gasteiger partial charge is 0.258 e. The summed E-state index contributed by atoms with van der Waals surface area (Å²) >= 11 is 3.60. The Morgan fingerprint density at radius 1 is 1.13 bits per heavy atom. The molecule has 1 heterocycles. The second-order valence-electron chi connectivity index (χ2n) is 8.21. The molecule has 3 aromatic rings. The minimum absolute atomic E-state index is 0.0760.